The fraction of sp³-hybridized carbons (Fsp3) is 0.312. The quantitative estimate of drug-likeness (QED) is 0.876. The first-order valence-electron chi connectivity index (χ1n) is 7.03. The number of rotatable bonds is 6. The van der Waals surface area contributed by atoms with Gasteiger partial charge in [0.15, 0.2) is 9.84 Å². The van der Waals surface area contributed by atoms with Gasteiger partial charge >= 0.3 is 0 Å². The first-order chi connectivity index (χ1) is 10.8. The Labute approximate surface area is 135 Å². The second-order valence-electron chi connectivity index (χ2n) is 5.25. The molecule has 1 aromatic heterocycles. The molecule has 0 aliphatic heterocycles. The van der Waals surface area contributed by atoms with Gasteiger partial charge in [0.1, 0.15) is 16.5 Å². The van der Waals surface area contributed by atoms with E-state index in [1.54, 1.807) is 25.4 Å². The standard InChI is InChI=1S/C16H19FN2O3S/c1-11(19-10-13-9-14(22-2)6-7-18-13)12-4-5-16(15(17)8-12)23(3,20)21/h4-9,11,19H,10H2,1-3H3/t11-/m1/s1. The topological polar surface area (TPSA) is 68.3 Å². The zero-order chi connectivity index (χ0) is 17.0. The van der Waals surface area contributed by atoms with Crippen molar-refractivity contribution in [1.82, 2.24) is 10.3 Å². The maximum Gasteiger partial charge on any atom is 0.178 e. The number of pyridine rings is 1. The van der Waals surface area contributed by atoms with E-state index in [4.69, 9.17) is 4.74 Å². The van der Waals surface area contributed by atoms with E-state index in [0.29, 0.717) is 17.9 Å². The molecule has 23 heavy (non-hydrogen) atoms. The van der Waals surface area contributed by atoms with Crippen molar-refractivity contribution in [3.05, 3.63) is 53.6 Å². The van der Waals surface area contributed by atoms with Gasteiger partial charge in [0, 0.05) is 31.1 Å². The molecular formula is C16H19FN2O3S. The number of ether oxygens (including phenoxy) is 1. The average molecular weight is 338 g/mol. The lowest BCUT2D eigenvalue weighted by Crippen LogP contribution is -2.19. The van der Waals surface area contributed by atoms with Crippen LogP contribution in [0.5, 0.6) is 5.75 Å². The number of hydrogen-bond acceptors (Lipinski definition) is 5. The van der Waals surface area contributed by atoms with E-state index in [-0.39, 0.29) is 10.9 Å². The Morgan fingerprint density at radius 1 is 1.30 bits per heavy atom. The van der Waals surface area contributed by atoms with Crippen LogP contribution in [-0.4, -0.2) is 26.8 Å². The predicted molar refractivity (Wildman–Crippen MR) is 85.6 cm³/mol. The molecule has 2 aromatic rings. The third kappa shape index (κ3) is 4.49. The second-order valence-corrected chi connectivity index (χ2v) is 7.24. The van der Waals surface area contributed by atoms with Crippen LogP contribution in [0.3, 0.4) is 0 Å². The SMILES string of the molecule is COc1ccnc(CN[C@H](C)c2ccc(S(C)(=O)=O)c(F)c2)c1. The minimum Gasteiger partial charge on any atom is -0.497 e. The number of benzene rings is 1. The van der Waals surface area contributed by atoms with Gasteiger partial charge in [-0.1, -0.05) is 6.07 Å². The molecule has 0 aliphatic rings. The first kappa shape index (κ1) is 17.4. The van der Waals surface area contributed by atoms with Gasteiger partial charge in [0.05, 0.1) is 12.8 Å². The molecule has 0 saturated heterocycles. The lowest BCUT2D eigenvalue weighted by atomic mass is 10.1. The number of halogens is 1. The van der Waals surface area contributed by atoms with Crippen molar-refractivity contribution in [1.29, 1.82) is 0 Å². The van der Waals surface area contributed by atoms with Gasteiger partial charge in [0.2, 0.25) is 0 Å². The number of nitrogens with zero attached hydrogens (tertiary/aromatic N) is 1. The van der Waals surface area contributed by atoms with Gasteiger partial charge in [-0.2, -0.15) is 0 Å². The minimum absolute atomic E-state index is 0.161. The van der Waals surface area contributed by atoms with E-state index in [2.05, 4.69) is 10.3 Å². The summed E-state index contributed by atoms with van der Waals surface area (Å²) in [5.41, 5.74) is 1.46. The molecule has 0 amide bonds. The summed E-state index contributed by atoms with van der Waals surface area (Å²) in [6, 6.07) is 7.55. The summed E-state index contributed by atoms with van der Waals surface area (Å²) >= 11 is 0. The predicted octanol–water partition coefficient (Wildman–Crippen LogP) is 2.48. The number of aromatic nitrogens is 1. The lowest BCUT2D eigenvalue weighted by Gasteiger charge is -2.15. The summed E-state index contributed by atoms with van der Waals surface area (Å²) < 4.78 is 41.9. The molecule has 0 bridgehead atoms. The van der Waals surface area contributed by atoms with Crippen molar-refractivity contribution in [2.45, 2.75) is 24.4 Å². The highest BCUT2D eigenvalue weighted by molar-refractivity contribution is 7.90. The minimum atomic E-state index is -3.56. The molecule has 1 N–H and O–H groups in total. The number of methoxy groups -OCH3 is 1. The van der Waals surface area contributed by atoms with E-state index in [1.807, 2.05) is 13.0 Å². The van der Waals surface area contributed by atoms with Crippen LogP contribution in [0.15, 0.2) is 41.4 Å². The van der Waals surface area contributed by atoms with Gasteiger partial charge in [-0.3, -0.25) is 4.98 Å². The van der Waals surface area contributed by atoms with E-state index in [9.17, 15) is 12.8 Å². The van der Waals surface area contributed by atoms with E-state index in [0.717, 1.165) is 11.9 Å². The molecule has 124 valence electrons. The molecule has 1 aromatic carbocycles. The van der Waals surface area contributed by atoms with E-state index >= 15 is 0 Å². The summed E-state index contributed by atoms with van der Waals surface area (Å²) in [5.74, 6) is -0.0221. The van der Waals surface area contributed by atoms with Crippen molar-refractivity contribution in [3.8, 4) is 5.75 Å². The molecule has 0 fully saturated rings. The highest BCUT2D eigenvalue weighted by atomic mass is 32.2. The fourth-order valence-electron chi connectivity index (χ4n) is 2.14. The van der Waals surface area contributed by atoms with Crippen LogP contribution >= 0.6 is 0 Å². The van der Waals surface area contributed by atoms with Crippen molar-refractivity contribution in [2.24, 2.45) is 0 Å². The molecule has 7 heteroatoms. The van der Waals surface area contributed by atoms with Crippen LogP contribution in [-0.2, 0) is 16.4 Å². The van der Waals surface area contributed by atoms with Crippen LogP contribution in [0.2, 0.25) is 0 Å². The normalized spacial score (nSPS) is 12.9. The van der Waals surface area contributed by atoms with Crippen LogP contribution < -0.4 is 10.1 Å². The maximum absolute atomic E-state index is 13.9. The summed E-state index contributed by atoms with van der Waals surface area (Å²) in [7, 11) is -1.97. The van der Waals surface area contributed by atoms with Crippen LogP contribution in [0.25, 0.3) is 0 Å². The molecular weight excluding hydrogens is 319 g/mol. The van der Waals surface area contributed by atoms with E-state index in [1.165, 1.54) is 12.1 Å². The van der Waals surface area contributed by atoms with Gasteiger partial charge in [0.25, 0.3) is 0 Å². The Balaban J connectivity index is 2.09. The third-order valence-corrected chi connectivity index (χ3v) is 4.60. The van der Waals surface area contributed by atoms with Crippen LogP contribution in [0, 0.1) is 5.82 Å². The van der Waals surface area contributed by atoms with Crippen molar-refractivity contribution < 1.29 is 17.5 Å². The third-order valence-electron chi connectivity index (χ3n) is 3.47. The molecule has 0 aliphatic carbocycles. The number of sulfone groups is 1. The zero-order valence-corrected chi connectivity index (χ0v) is 14.0. The van der Waals surface area contributed by atoms with Crippen molar-refractivity contribution in [3.63, 3.8) is 0 Å². The maximum atomic E-state index is 13.9. The Bertz CT molecular complexity index is 794. The number of hydrogen-bond donors (Lipinski definition) is 1. The van der Waals surface area contributed by atoms with Crippen LogP contribution in [0.4, 0.5) is 4.39 Å². The smallest absolute Gasteiger partial charge is 0.178 e. The highest BCUT2D eigenvalue weighted by Crippen LogP contribution is 2.20. The molecule has 0 radical (unpaired) electrons. The summed E-state index contributed by atoms with van der Waals surface area (Å²) in [6.07, 6.45) is 2.64. The largest absolute Gasteiger partial charge is 0.497 e. The molecule has 5 nitrogen and oxygen atoms in total. The van der Waals surface area contributed by atoms with Gasteiger partial charge in [-0.25, -0.2) is 12.8 Å². The lowest BCUT2D eigenvalue weighted by molar-refractivity contribution is 0.413. The average Bonchev–Trinajstić information content (AvgIpc) is 2.51. The molecule has 0 spiro atoms. The summed E-state index contributed by atoms with van der Waals surface area (Å²) in [5, 5.41) is 3.22. The molecule has 1 atom stereocenters. The highest BCUT2D eigenvalue weighted by Gasteiger charge is 2.15. The molecule has 2 rings (SSSR count). The van der Waals surface area contributed by atoms with E-state index < -0.39 is 15.7 Å². The fourth-order valence-corrected chi connectivity index (χ4v) is 2.87. The second kappa shape index (κ2) is 7.06. The van der Waals surface area contributed by atoms with Crippen molar-refractivity contribution >= 4 is 9.84 Å². The number of nitrogens with one attached hydrogen (secondary N) is 1. The molecule has 0 saturated carbocycles. The molecule has 1 heterocycles. The summed E-state index contributed by atoms with van der Waals surface area (Å²) in [4.78, 5) is 3.93. The summed E-state index contributed by atoms with van der Waals surface area (Å²) in [6.45, 7) is 2.35. The molecule has 0 unspecified atom stereocenters. The van der Waals surface area contributed by atoms with Gasteiger partial charge < -0.3 is 10.1 Å². The van der Waals surface area contributed by atoms with Gasteiger partial charge in [-0.05, 0) is 30.7 Å². The Hall–Kier alpha value is -1.99. The Kier molecular flexibility index (Phi) is 5.33. The Morgan fingerprint density at radius 2 is 2.04 bits per heavy atom. The zero-order valence-electron chi connectivity index (χ0n) is 13.2. The van der Waals surface area contributed by atoms with Crippen molar-refractivity contribution in [2.75, 3.05) is 13.4 Å². The van der Waals surface area contributed by atoms with Crippen LogP contribution in [0.1, 0.15) is 24.2 Å². The monoisotopic (exact) mass is 338 g/mol. The first-order valence-corrected chi connectivity index (χ1v) is 8.92. The Morgan fingerprint density at radius 3 is 2.65 bits per heavy atom. The van der Waals surface area contributed by atoms with Gasteiger partial charge in [-0.15, -0.1) is 0 Å².